The van der Waals surface area contributed by atoms with Crippen molar-refractivity contribution in [2.45, 2.75) is 38.1 Å². The van der Waals surface area contributed by atoms with E-state index in [1.807, 2.05) is 29.0 Å². The molecule has 0 saturated carbocycles. The number of likely N-dealkylation sites (tertiary alicyclic amines) is 1. The van der Waals surface area contributed by atoms with Crippen LogP contribution in [0.1, 0.15) is 37.2 Å². The summed E-state index contributed by atoms with van der Waals surface area (Å²) in [5.41, 5.74) is 4.11. The monoisotopic (exact) mass is 607 g/mol. The Hall–Kier alpha value is -4.48. The number of anilines is 3. The summed E-state index contributed by atoms with van der Waals surface area (Å²) in [5, 5.41) is 7.45. The van der Waals surface area contributed by atoms with Crippen LogP contribution in [0.2, 0.25) is 0 Å². The summed E-state index contributed by atoms with van der Waals surface area (Å²) in [6.07, 6.45) is 9.67. The number of carbonyl (C=O) groups excluding carboxylic acids is 1. The molecule has 3 aromatic heterocycles. The predicted octanol–water partition coefficient (Wildman–Crippen LogP) is 5.43. The molecular weight excluding hydrogens is 574 g/mol. The van der Waals surface area contributed by atoms with Crippen LogP contribution < -0.4 is 20.5 Å². The van der Waals surface area contributed by atoms with Crippen LogP contribution in [0.15, 0.2) is 64.9 Å². The first kappa shape index (κ1) is 27.1. The van der Waals surface area contributed by atoms with Gasteiger partial charge in [0.05, 0.1) is 17.9 Å². The largest absolute Gasteiger partial charge is 0.482 e. The second-order valence-corrected chi connectivity index (χ2v) is 12.7. The number of fused-ring (bicyclic) bond motifs is 6. The fraction of sp³-hybridized carbons (Fsp3) is 0.333. The molecule has 0 unspecified atom stereocenters. The predicted molar refractivity (Wildman–Crippen MR) is 174 cm³/mol. The van der Waals surface area contributed by atoms with Crippen molar-refractivity contribution < 1.29 is 9.53 Å². The summed E-state index contributed by atoms with van der Waals surface area (Å²) in [6.45, 7) is 3.30. The lowest BCUT2D eigenvalue weighted by Crippen LogP contribution is -2.39. The smallest absolute Gasteiger partial charge is 0.278 e. The van der Waals surface area contributed by atoms with Crippen LogP contribution in [-0.2, 0) is 11.3 Å². The molecule has 11 heteroatoms. The van der Waals surface area contributed by atoms with Crippen molar-refractivity contribution in [3.63, 3.8) is 0 Å². The first-order valence-corrected chi connectivity index (χ1v) is 16.1. The summed E-state index contributed by atoms with van der Waals surface area (Å²) in [7, 11) is 2.20. The first-order valence-electron chi connectivity index (χ1n) is 15.2. The Morgan fingerprint density at radius 1 is 1.02 bits per heavy atom. The highest BCUT2D eigenvalue weighted by atomic mass is 32.1. The highest BCUT2D eigenvalue weighted by molar-refractivity contribution is 7.17. The van der Waals surface area contributed by atoms with Crippen molar-refractivity contribution in [2.24, 2.45) is 0 Å². The summed E-state index contributed by atoms with van der Waals surface area (Å²) >= 11 is 1.78. The van der Waals surface area contributed by atoms with Gasteiger partial charge in [0.2, 0.25) is 5.95 Å². The number of piperidine rings is 1. The zero-order chi connectivity index (χ0) is 29.8. The maximum absolute atomic E-state index is 13.6. The van der Waals surface area contributed by atoms with Crippen LogP contribution in [0.4, 0.5) is 17.3 Å². The van der Waals surface area contributed by atoms with Gasteiger partial charge in [-0.1, -0.05) is 18.2 Å². The minimum Gasteiger partial charge on any atom is -0.482 e. The third-order valence-corrected chi connectivity index (χ3v) is 9.99. The van der Waals surface area contributed by atoms with Crippen molar-refractivity contribution in [3.05, 3.63) is 76.0 Å². The third kappa shape index (κ3) is 4.67. The molecule has 0 radical (unpaired) electrons. The fourth-order valence-corrected chi connectivity index (χ4v) is 7.72. The van der Waals surface area contributed by atoms with Gasteiger partial charge in [-0.2, -0.15) is 4.98 Å². The van der Waals surface area contributed by atoms with Crippen LogP contribution in [-0.4, -0.2) is 63.4 Å². The molecule has 2 bridgehead atoms. The standard InChI is InChI=1S/C33H33N7O3S/c1-37-14-10-21(11-15-37)26-20-44-29-16-22(6-8-24(26)29)35-33-34-18-25-31(36-33)40-23-7-9-28-27(17-23)38(30(41)19-43-28)12-4-2-3-5-13-39(40)32(25)42/h3,5-9,16-18,20-21H,2,4,10-15,19H2,1H3,(H,34,35,36)/b5-3-. The molecule has 3 aliphatic rings. The number of benzene rings is 2. The van der Waals surface area contributed by atoms with Crippen LogP contribution in [0, 0.1) is 0 Å². The summed E-state index contributed by atoms with van der Waals surface area (Å²) in [5.74, 6) is 1.60. The second kappa shape index (κ2) is 10.9. The molecule has 6 heterocycles. The van der Waals surface area contributed by atoms with E-state index in [9.17, 15) is 9.59 Å². The van der Waals surface area contributed by atoms with E-state index >= 15 is 0 Å². The summed E-state index contributed by atoms with van der Waals surface area (Å²) in [6, 6.07) is 12.1. The number of carbonyl (C=O) groups is 1. The molecular formula is C33H33N7O3S. The number of aromatic nitrogens is 4. The zero-order valence-electron chi connectivity index (χ0n) is 24.5. The van der Waals surface area contributed by atoms with Crippen molar-refractivity contribution in [1.29, 1.82) is 0 Å². The van der Waals surface area contributed by atoms with E-state index in [1.165, 1.54) is 28.5 Å². The fourth-order valence-electron chi connectivity index (χ4n) is 6.63. The van der Waals surface area contributed by atoms with Gasteiger partial charge in [0.1, 0.15) is 11.1 Å². The quantitative estimate of drug-likeness (QED) is 0.274. The van der Waals surface area contributed by atoms with Crippen molar-refractivity contribution >= 4 is 55.7 Å². The Morgan fingerprint density at radius 3 is 2.80 bits per heavy atom. The Morgan fingerprint density at radius 2 is 1.91 bits per heavy atom. The van der Waals surface area contributed by atoms with E-state index in [4.69, 9.17) is 9.72 Å². The van der Waals surface area contributed by atoms with E-state index in [-0.39, 0.29) is 18.1 Å². The normalized spacial score (nSPS) is 18.5. The number of ether oxygens (including phenoxy) is 1. The molecule has 1 fully saturated rings. The Balaban J connectivity index is 1.18. The maximum Gasteiger partial charge on any atom is 0.278 e. The van der Waals surface area contributed by atoms with Gasteiger partial charge in [0.25, 0.3) is 11.5 Å². The zero-order valence-corrected chi connectivity index (χ0v) is 25.3. The maximum atomic E-state index is 13.6. The number of amides is 1. The molecule has 1 saturated heterocycles. The molecule has 224 valence electrons. The SMILES string of the molecule is CN1CCC(c2csc3cc(Nc4ncc5c(=O)n6n(c5n4)-c4ccc5c(c4)N(CCC/C=C\C6)C(=O)CO5)ccc23)CC1. The number of nitrogens with zero attached hydrogens (tertiary/aromatic N) is 6. The van der Waals surface area contributed by atoms with Gasteiger partial charge >= 0.3 is 0 Å². The van der Waals surface area contributed by atoms with Crippen LogP contribution >= 0.6 is 11.3 Å². The van der Waals surface area contributed by atoms with Gasteiger partial charge in [0, 0.05) is 23.1 Å². The van der Waals surface area contributed by atoms with Crippen LogP contribution in [0.5, 0.6) is 5.75 Å². The minimum atomic E-state index is -0.170. The van der Waals surface area contributed by atoms with Crippen LogP contribution in [0.25, 0.3) is 26.8 Å². The first-order chi connectivity index (χ1) is 21.5. The number of hydrogen-bond donors (Lipinski definition) is 1. The highest BCUT2D eigenvalue weighted by Gasteiger charge is 2.27. The van der Waals surface area contributed by atoms with Crippen molar-refractivity contribution in [3.8, 4) is 11.4 Å². The number of thiophene rings is 1. The van der Waals surface area contributed by atoms with Gasteiger partial charge in [-0.05, 0) is 98.4 Å². The minimum absolute atomic E-state index is 0.0261. The number of rotatable bonds is 3. The molecule has 2 aromatic carbocycles. The average molecular weight is 608 g/mol. The van der Waals surface area contributed by atoms with E-state index in [0.717, 1.165) is 37.3 Å². The molecule has 0 spiro atoms. The molecule has 1 N–H and O–H groups in total. The lowest BCUT2D eigenvalue weighted by atomic mass is 9.89. The lowest BCUT2D eigenvalue weighted by molar-refractivity contribution is -0.121. The molecule has 3 aliphatic heterocycles. The van der Waals surface area contributed by atoms with E-state index in [0.29, 0.717) is 47.4 Å². The van der Waals surface area contributed by atoms with E-state index < -0.39 is 0 Å². The van der Waals surface area contributed by atoms with E-state index in [2.05, 4.69) is 51.9 Å². The average Bonchev–Trinajstić information content (AvgIpc) is 3.57. The van der Waals surface area contributed by atoms with Crippen molar-refractivity contribution in [1.82, 2.24) is 24.2 Å². The second-order valence-electron chi connectivity index (χ2n) is 11.8. The Labute approximate surface area is 258 Å². The molecule has 44 heavy (non-hydrogen) atoms. The number of allylic oxidation sites excluding steroid dienone is 2. The molecule has 0 atom stereocenters. The molecule has 0 aliphatic carbocycles. The summed E-state index contributed by atoms with van der Waals surface area (Å²) in [4.78, 5) is 40.0. The topological polar surface area (TPSA) is 97.5 Å². The van der Waals surface area contributed by atoms with Crippen molar-refractivity contribution in [2.75, 3.05) is 43.5 Å². The number of hydrogen-bond acceptors (Lipinski definition) is 8. The van der Waals surface area contributed by atoms with Gasteiger partial charge < -0.3 is 19.9 Å². The van der Waals surface area contributed by atoms with Gasteiger partial charge in [-0.25, -0.2) is 14.3 Å². The highest BCUT2D eigenvalue weighted by Crippen LogP contribution is 2.38. The Bertz CT molecular complexity index is 2000. The Kier molecular flexibility index (Phi) is 6.71. The van der Waals surface area contributed by atoms with Crippen LogP contribution in [0.3, 0.4) is 0 Å². The summed E-state index contributed by atoms with van der Waals surface area (Å²) < 4.78 is 10.5. The van der Waals surface area contributed by atoms with Gasteiger partial charge in [-0.15, -0.1) is 11.3 Å². The molecule has 10 nitrogen and oxygen atoms in total. The molecule has 8 rings (SSSR count). The van der Waals surface area contributed by atoms with Gasteiger partial charge in [0.15, 0.2) is 12.3 Å². The molecule has 5 aromatic rings. The third-order valence-electron chi connectivity index (χ3n) is 9.02. The van der Waals surface area contributed by atoms with Gasteiger partial charge in [-0.3, -0.25) is 9.59 Å². The number of nitrogens with one attached hydrogen (secondary N) is 1. The lowest BCUT2D eigenvalue weighted by Gasteiger charge is -2.30. The van der Waals surface area contributed by atoms with E-state index in [1.54, 1.807) is 27.1 Å². The molecule has 1 amide bonds.